The van der Waals surface area contributed by atoms with Crippen LogP contribution in [0.3, 0.4) is 0 Å². The quantitative estimate of drug-likeness (QED) is 0.628. The van der Waals surface area contributed by atoms with E-state index in [1.54, 1.807) is 24.3 Å². The average molecular weight is 440 g/mol. The number of anilines is 2. The third-order valence-corrected chi connectivity index (χ3v) is 4.85. The van der Waals surface area contributed by atoms with Crippen molar-refractivity contribution >= 4 is 35.1 Å². The zero-order valence-corrected chi connectivity index (χ0v) is 17.8. The van der Waals surface area contributed by atoms with Crippen LogP contribution in [-0.2, 0) is 23.9 Å². The summed E-state index contributed by atoms with van der Waals surface area (Å²) in [7, 11) is 1.28. The van der Waals surface area contributed by atoms with Gasteiger partial charge in [0.25, 0.3) is 5.91 Å². The number of rotatable bonds is 8. The van der Waals surface area contributed by atoms with Crippen LogP contribution in [0.25, 0.3) is 0 Å². The number of esters is 2. The molecule has 0 aromatic heterocycles. The fourth-order valence-corrected chi connectivity index (χ4v) is 3.26. The van der Waals surface area contributed by atoms with E-state index in [1.165, 1.54) is 36.3 Å². The molecule has 1 saturated heterocycles. The van der Waals surface area contributed by atoms with Crippen molar-refractivity contribution in [2.75, 3.05) is 37.1 Å². The van der Waals surface area contributed by atoms with Gasteiger partial charge in [0.1, 0.15) is 5.75 Å². The van der Waals surface area contributed by atoms with Crippen LogP contribution in [0.2, 0.25) is 0 Å². The van der Waals surface area contributed by atoms with Gasteiger partial charge >= 0.3 is 11.9 Å². The number of methoxy groups -OCH3 is 1. The van der Waals surface area contributed by atoms with Crippen molar-refractivity contribution in [3.63, 3.8) is 0 Å². The monoisotopic (exact) mass is 440 g/mol. The number of benzene rings is 2. The van der Waals surface area contributed by atoms with Crippen LogP contribution in [0.4, 0.5) is 11.4 Å². The van der Waals surface area contributed by atoms with E-state index in [-0.39, 0.29) is 18.9 Å². The van der Waals surface area contributed by atoms with E-state index in [2.05, 4.69) is 10.1 Å². The van der Waals surface area contributed by atoms with Crippen LogP contribution in [0.5, 0.6) is 5.75 Å². The van der Waals surface area contributed by atoms with E-state index in [9.17, 15) is 19.2 Å². The van der Waals surface area contributed by atoms with Crippen molar-refractivity contribution in [2.45, 2.75) is 13.3 Å². The van der Waals surface area contributed by atoms with Gasteiger partial charge in [0, 0.05) is 24.3 Å². The first-order valence-electron chi connectivity index (χ1n) is 10.1. The Kier molecular flexibility index (Phi) is 7.43. The highest BCUT2D eigenvalue weighted by atomic mass is 16.5. The Morgan fingerprint density at radius 3 is 2.38 bits per heavy atom. The maximum atomic E-state index is 12.4. The lowest BCUT2D eigenvalue weighted by molar-refractivity contribution is -0.151. The van der Waals surface area contributed by atoms with Crippen LogP contribution in [0.1, 0.15) is 23.7 Å². The van der Waals surface area contributed by atoms with Gasteiger partial charge < -0.3 is 24.4 Å². The second-order valence-electron chi connectivity index (χ2n) is 7.06. The lowest BCUT2D eigenvalue weighted by atomic mass is 10.1. The lowest BCUT2D eigenvalue weighted by Gasteiger charge is -2.17. The smallest absolute Gasteiger partial charge is 0.337 e. The fourth-order valence-electron chi connectivity index (χ4n) is 3.26. The van der Waals surface area contributed by atoms with Crippen molar-refractivity contribution in [1.29, 1.82) is 0 Å². The van der Waals surface area contributed by atoms with Crippen LogP contribution >= 0.6 is 0 Å². The minimum absolute atomic E-state index is 0.0165. The molecule has 32 heavy (non-hydrogen) atoms. The lowest BCUT2D eigenvalue weighted by Crippen LogP contribution is -2.28. The van der Waals surface area contributed by atoms with Gasteiger partial charge in [-0.05, 0) is 55.5 Å². The highest BCUT2D eigenvalue weighted by Gasteiger charge is 2.36. The molecule has 9 nitrogen and oxygen atoms in total. The molecule has 0 aliphatic carbocycles. The second kappa shape index (κ2) is 10.4. The zero-order valence-electron chi connectivity index (χ0n) is 17.8. The van der Waals surface area contributed by atoms with Gasteiger partial charge in [-0.25, -0.2) is 4.79 Å². The maximum absolute atomic E-state index is 12.4. The summed E-state index contributed by atoms with van der Waals surface area (Å²) in [5.41, 5.74) is 1.46. The number of carbonyl (C=O) groups excluding carboxylic acids is 4. The number of nitrogens with zero attached hydrogens (tertiary/aromatic N) is 1. The van der Waals surface area contributed by atoms with Crippen molar-refractivity contribution in [3.05, 3.63) is 54.1 Å². The van der Waals surface area contributed by atoms with Gasteiger partial charge in [-0.1, -0.05) is 0 Å². The normalized spacial score (nSPS) is 15.2. The van der Waals surface area contributed by atoms with Gasteiger partial charge in [0.05, 0.1) is 25.2 Å². The fraction of sp³-hybridized carbons (Fsp3) is 0.304. The Morgan fingerprint density at radius 2 is 1.75 bits per heavy atom. The molecule has 0 unspecified atom stereocenters. The Balaban J connectivity index is 1.49. The summed E-state index contributed by atoms with van der Waals surface area (Å²) in [6.45, 7) is 2.13. The summed E-state index contributed by atoms with van der Waals surface area (Å²) >= 11 is 0. The first-order chi connectivity index (χ1) is 15.4. The van der Waals surface area contributed by atoms with Gasteiger partial charge in [0.2, 0.25) is 5.91 Å². The third-order valence-electron chi connectivity index (χ3n) is 4.85. The van der Waals surface area contributed by atoms with Gasteiger partial charge in [-0.15, -0.1) is 0 Å². The summed E-state index contributed by atoms with van der Waals surface area (Å²) in [5, 5.41) is 2.57. The molecule has 0 spiro atoms. The van der Waals surface area contributed by atoms with Crippen LogP contribution in [0, 0.1) is 5.92 Å². The number of hydrogen-bond acceptors (Lipinski definition) is 7. The van der Waals surface area contributed by atoms with Crippen molar-refractivity contribution in [2.24, 2.45) is 5.92 Å². The second-order valence-corrected chi connectivity index (χ2v) is 7.06. The van der Waals surface area contributed by atoms with Crippen molar-refractivity contribution < 1.29 is 33.4 Å². The van der Waals surface area contributed by atoms with E-state index in [1.807, 2.05) is 6.92 Å². The number of ether oxygens (including phenoxy) is 3. The minimum Gasteiger partial charge on any atom is -0.494 e. The minimum atomic E-state index is -0.652. The molecule has 1 heterocycles. The van der Waals surface area contributed by atoms with Crippen LogP contribution < -0.4 is 15.0 Å². The standard InChI is InChI=1S/C23H24N2O7/c1-3-31-19-10-8-18(9-11-19)25-13-16(12-21(25)27)23(29)32-14-20(26)24-17-6-4-15(5-7-17)22(28)30-2/h4-11,16H,3,12-14H2,1-2H3,(H,24,26)/t16-/m0/s1. The molecule has 168 valence electrons. The summed E-state index contributed by atoms with van der Waals surface area (Å²) in [5.74, 6) is -1.76. The molecule has 2 aromatic carbocycles. The van der Waals surface area contributed by atoms with Crippen molar-refractivity contribution in [1.82, 2.24) is 0 Å². The predicted octanol–water partition coefficient (Wildman–Crippen LogP) is 2.41. The molecule has 1 N–H and O–H groups in total. The molecule has 0 bridgehead atoms. The number of amides is 2. The van der Waals surface area contributed by atoms with Gasteiger partial charge in [-0.3, -0.25) is 14.4 Å². The maximum Gasteiger partial charge on any atom is 0.337 e. The summed E-state index contributed by atoms with van der Waals surface area (Å²) in [6, 6.07) is 13.1. The highest BCUT2D eigenvalue weighted by Crippen LogP contribution is 2.27. The van der Waals surface area contributed by atoms with E-state index >= 15 is 0 Å². The number of nitrogens with one attached hydrogen (secondary N) is 1. The molecule has 0 saturated carbocycles. The van der Waals surface area contributed by atoms with Crippen LogP contribution in [0.15, 0.2) is 48.5 Å². The molecule has 1 aliphatic heterocycles. The van der Waals surface area contributed by atoms with E-state index in [0.29, 0.717) is 29.3 Å². The molecule has 9 heteroatoms. The molecular weight excluding hydrogens is 416 g/mol. The Bertz CT molecular complexity index is 986. The molecule has 2 aromatic rings. The summed E-state index contributed by atoms with van der Waals surface area (Å²) < 4.78 is 15.1. The van der Waals surface area contributed by atoms with E-state index in [0.717, 1.165) is 0 Å². The predicted molar refractivity (Wildman–Crippen MR) is 115 cm³/mol. The molecule has 3 rings (SSSR count). The van der Waals surface area contributed by atoms with Crippen LogP contribution in [-0.4, -0.2) is 50.6 Å². The van der Waals surface area contributed by atoms with E-state index in [4.69, 9.17) is 9.47 Å². The molecule has 1 aliphatic rings. The molecule has 0 radical (unpaired) electrons. The summed E-state index contributed by atoms with van der Waals surface area (Å²) in [4.78, 5) is 49.7. The molecule has 1 atom stereocenters. The average Bonchev–Trinajstić information content (AvgIpc) is 3.20. The number of hydrogen-bond donors (Lipinski definition) is 1. The Hall–Kier alpha value is -3.88. The largest absolute Gasteiger partial charge is 0.494 e. The van der Waals surface area contributed by atoms with Crippen molar-refractivity contribution in [3.8, 4) is 5.75 Å². The SMILES string of the molecule is CCOc1ccc(N2C[C@@H](C(=O)OCC(=O)Nc3ccc(C(=O)OC)cc3)CC2=O)cc1. The first-order valence-corrected chi connectivity index (χ1v) is 10.1. The molecule has 1 fully saturated rings. The molecule has 2 amide bonds. The zero-order chi connectivity index (χ0) is 23.1. The Labute approximate surface area is 185 Å². The topological polar surface area (TPSA) is 111 Å². The van der Waals surface area contributed by atoms with Gasteiger partial charge in [0.15, 0.2) is 6.61 Å². The first kappa shape index (κ1) is 22.8. The summed E-state index contributed by atoms with van der Waals surface area (Å²) in [6.07, 6.45) is 0.0165. The molecular formula is C23H24N2O7. The third kappa shape index (κ3) is 5.63. The number of carbonyl (C=O) groups is 4. The van der Waals surface area contributed by atoms with Gasteiger partial charge in [-0.2, -0.15) is 0 Å². The van der Waals surface area contributed by atoms with E-state index < -0.39 is 30.4 Å². The highest BCUT2D eigenvalue weighted by molar-refractivity contribution is 6.00. The Morgan fingerprint density at radius 1 is 1.06 bits per heavy atom.